The minimum Gasteiger partial charge on any atom is -0.373 e. The van der Waals surface area contributed by atoms with Gasteiger partial charge in [0.15, 0.2) is 0 Å². The molecule has 15 heavy (non-hydrogen) atoms. The van der Waals surface area contributed by atoms with E-state index in [0.29, 0.717) is 18.2 Å². The number of nitrogens with zero attached hydrogens (tertiary/aromatic N) is 1. The van der Waals surface area contributed by atoms with Gasteiger partial charge in [-0.25, -0.2) is 4.98 Å². The largest absolute Gasteiger partial charge is 0.373 e. The van der Waals surface area contributed by atoms with E-state index in [4.69, 9.17) is 4.74 Å². The van der Waals surface area contributed by atoms with Gasteiger partial charge in [-0.15, -0.1) is 0 Å². The molecule has 0 aromatic carbocycles. The number of pyridine rings is 1. The van der Waals surface area contributed by atoms with E-state index in [9.17, 15) is 0 Å². The van der Waals surface area contributed by atoms with Crippen molar-refractivity contribution in [2.45, 2.75) is 37.5 Å². The Balaban J connectivity index is 1.73. The number of ether oxygens (including phenoxy) is 1. The van der Waals surface area contributed by atoms with Crippen LogP contribution < -0.4 is 5.32 Å². The molecular formula is C11H13BrN2O. The van der Waals surface area contributed by atoms with Crippen LogP contribution in [0, 0.1) is 0 Å². The SMILES string of the molecule is Brc1cccnc1NC1CC2CCC1O2. The number of aromatic nitrogens is 1. The lowest BCUT2D eigenvalue weighted by atomic mass is 9.95. The topological polar surface area (TPSA) is 34.2 Å². The summed E-state index contributed by atoms with van der Waals surface area (Å²) in [5.74, 6) is 0.929. The van der Waals surface area contributed by atoms with E-state index in [1.807, 2.05) is 12.1 Å². The predicted octanol–water partition coefficient (Wildman–Crippen LogP) is 2.58. The van der Waals surface area contributed by atoms with Crippen molar-refractivity contribution >= 4 is 21.7 Å². The summed E-state index contributed by atoms with van der Waals surface area (Å²) in [7, 11) is 0. The van der Waals surface area contributed by atoms with Crippen molar-refractivity contribution in [2.75, 3.05) is 5.32 Å². The van der Waals surface area contributed by atoms with E-state index in [1.165, 1.54) is 12.8 Å². The smallest absolute Gasteiger partial charge is 0.140 e. The van der Waals surface area contributed by atoms with Crippen molar-refractivity contribution in [3.05, 3.63) is 22.8 Å². The van der Waals surface area contributed by atoms with E-state index in [2.05, 4.69) is 26.2 Å². The van der Waals surface area contributed by atoms with Crippen LogP contribution in [0.25, 0.3) is 0 Å². The Hall–Kier alpha value is -0.610. The van der Waals surface area contributed by atoms with Crippen LogP contribution in [0.5, 0.6) is 0 Å². The van der Waals surface area contributed by atoms with Gasteiger partial charge in [0.25, 0.3) is 0 Å². The van der Waals surface area contributed by atoms with Gasteiger partial charge in [-0.3, -0.25) is 0 Å². The number of hydrogen-bond donors (Lipinski definition) is 1. The molecule has 1 N–H and O–H groups in total. The summed E-state index contributed by atoms with van der Waals surface area (Å²) in [6, 6.07) is 4.37. The zero-order valence-electron chi connectivity index (χ0n) is 8.32. The highest BCUT2D eigenvalue weighted by molar-refractivity contribution is 9.10. The Morgan fingerprint density at radius 3 is 3.07 bits per heavy atom. The van der Waals surface area contributed by atoms with Crippen LogP contribution in [0.1, 0.15) is 19.3 Å². The number of halogens is 1. The van der Waals surface area contributed by atoms with Gasteiger partial charge >= 0.3 is 0 Å². The third-order valence-corrected chi connectivity index (χ3v) is 3.83. The molecule has 2 aliphatic heterocycles. The molecule has 0 radical (unpaired) electrons. The van der Waals surface area contributed by atoms with Gasteiger partial charge in [0, 0.05) is 6.20 Å². The van der Waals surface area contributed by atoms with Crippen LogP contribution in [0.4, 0.5) is 5.82 Å². The van der Waals surface area contributed by atoms with Gasteiger partial charge in [0.05, 0.1) is 22.7 Å². The molecule has 1 aromatic heterocycles. The van der Waals surface area contributed by atoms with Crippen molar-refractivity contribution in [2.24, 2.45) is 0 Å². The highest BCUT2D eigenvalue weighted by Gasteiger charge is 2.40. The van der Waals surface area contributed by atoms with Crippen LogP contribution in [-0.4, -0.2) is 23.2 Å². The maximum atomic E-state index is 5.79. The molecule has 1 aromatic rings. The quantitative estimate of drug-likeness (QED) is 0.896. The first-order valence-electron chi connectivity index (χ1n) is 5.35. The minimum absolute atomic E-state index is 0.393. The van der Waals surface area contributed by atoms with Gasteiger partial charge in [0.1, 0.15) is 5.82 Å². The monoisotopic (exact) mass is 268 g/mol. The predicted molar refractivity (Wildman–Crippen MR) is 61.9 cm³/mol. The molecule has 0 saturated carbocycles. The summed E-state index contributed by atoms with van der Waals surface area (Å²) in [5, 5.41) is 3.46. The van der Waals surface area contributed by atoms with Crippen LogP contribution in [0.2, 0.25) is 0 Å². The number of hydrogen-bond acceptors (Lipinski definition) is 3. The lowest BCUT2D eigenvalue weighted by Gasteiger charge is -2.21. The molecule has 0 spiro atoms. The fraction of sp³-hybridized carbons (Fsp3) is 0.545. The number of rotatable bonds is 2. The number of nitrogens with one attached hydrogen (secondary N) is 1. The molecule has 2 aliphatic rings. The van der Waals surface area contributed by atoms with E-state index in [1.54, 1.807) is 6.20 Å². The van der Waals surface area contributed by atoms with E-state index in [0.717, 1.165) is 16.7 Å². The average molecular weight is 269 g/mol. The first-order chi connectivity index (χ1) is 7.33. The second-order valence-electron chi connectivity index (χ2n) is 4.19. The molecule has 3 heterocycles. The van der Waals surface area contributed by atoms with Crippen molar-refractivity contribution in [1.29, 1.82) is 0 Å². The maximum absolute atomic E-state index is 5.79. The molecule has 3 atom stereocenters. The molecule has 4 heteroatoms. The summed E-state index contributed by atoms with van der Waals surface area (Å²) < 4.78 is 6.81. The second-order valence-corrected chi connectivity index (χ2v) is 5.05. The Kier molecular flexibility index (Phi) is 2.41. The first-order valence-corrected chi connectivity index (χ1v) is 6.15. The molecule has 3 unspecified atom stereocenters. The van der Waals surface area contributed by atoms with Gasteiger partial charge in [0.2, 0.25) is 0 Å². The summed E-state index contributed by atoms with van der Waals surface area (Å²) in [4.78, 5) is 4.31. The summed E-state index contributed by atoms with van der Waals surface area (Å²) in [6.45, 7) is 0. The zero-order valence-corrected chi connectivity index (χ0v) is 9.90. The molecular weight excluding hydrogens is 256 g/mol. The molecule has 2 saturated heterocycles. The van der Waals surface area contributed by atoms with Gasteiger partial charge in [-0.2, -0.15) is 0 Å². The second kappa shape index (κ2) is 3.76. The van der Waals surface area contributed by atoms with Gasteiger partial charge in [-0.05, 0) is 47.3 Å². The Bertz CT molecular complexity index is 371. The third kappa shape index (κ3) is 1.76. The van der Waals surface area contributed by atoms with Crippen LogP contribution in [0.3, 0.4) is 0 Å². The maximum Gasteiger partial charge on any atom is 0.140 e. The normalized spacial score (nSPS) is 33.3. The lowest BCUT2D eigenvalue weighted by molar-refractivity contribution is 0.102. The molecule has 2 fully saturated rings. The van der Waals surface area contributed by atoms with Gasteiger partial charge < -0.3 is 10.1 Å². The Morgan fingerprint density at radius 1 is 1.47 bits per heavy atom. The van der Waals surface area contributed by atoms with Crippen molar-refractivity contribution in [3.63, 3.8) is 0 Å². The van der Waals surface area contributed by atoms with E-state index >= 15 is 0 Å². The van der Waals surface area contributed by atoms with E-state index in [-0.39, 0.29) is 0 Å². The number of anilines is 1. The third-order valence-electron chi connectivity index (χ3n) is 3.19. The molecule has 3 nitrogen and oxygen atoms in total. The summed E-state index contributed by atoms with van der Waals surface area (Å²) >= 11 is 3.49. The minimum atomic E-state index is 0.393. The fourth-order valence-electron chi connectivity index (χ4n) is 2.46. The molecule has 3 rings (SSSR count). The summed E-state index contributed by atoms with van der Waals surface area (Å²) in [5.41, 5.74) is 0. The van der Waals surface area contributed by atoms with Crippen molar-refractivity contribution in [3.8, 4) is 0 Å². The highest BCUT2D eigenvalue weighted by atomic mass is 79.9. The fourth-order valence-corrected chi connectivity index (χ4v) is 2.83. The van der Waals surface area contributed by atoms with Gasteiger partial charge in [-0.1, -0.05) is 0 Å². The molecule has 0 aliphatic carbocycles. The van der Waals surface area contributed by atoms with E-state index < -0.39 is 0 Å². The molecule has 0 amide bonds. The molecule has 2 bridgehead atoms. The number of fused-ring (bicyclic) bond motifs is 2. The Labute approximate surface area is 97.4 Å². The Morgan fingerprint density at radius 2 is 2.40 bits per heavy atom. The highest BCUT2D eigenvalue weighted by Crippen LogP contribution is 2.36. The first kappa shape index (κ1) is 9.60. The summed E-state index contributed by atoms with van der Waals surface area (Å²) in [6.07, 6.45) is 6.22. The van der Waals surface area contributed by atoms with Crippen LogP contribution >= 0.6 is 15.9 Å². The van der Waals surface area contributed by atoms with Crippen molar-refractivity contribution < 1.29 is 4.74 Å². The standard InChI is InChI=1S/C11H13BrN2O/c12-8-2-1-5-13-11(8)14-9-6-7-3-4-10(9)15-7/h1-2,5,7,9-10H,3-4,6H2,(H,13,14). The molecule has 80 valence electrons. The van der Waals surface area contributed by atoms with Crippen LogP contribution in [0.15, 0.2) is 22.8 Å². The lowest BCUT2D eigenvalue weighted by Crippen LogP contribution is -2.30. The van der Waals surface area contributed by atoms with Crippen LogP contribution in [-0.2, 0) is 4.74 Å². The van der Waals surface area contributed by atoms with Crippen molar-refractivity contribution in [1.82, 2.24) is 4.98 Å². The average Bonchev–Trinajstić information content (AvgIpc) is 2.83. The zero-order chi connectivity index (χ0) is 10.3.